The first-order valence-electron chi connectivity index (χ1n) is 13.4. The molecule has 0 aromatic heterocycles. The Kier molecular flexibility index (Phi) is 8.50. The minimum absolute atomic E-state index is 0.0924. The number of esters is 2. The van der Waals surface area contributed by atoms with Gasteiger partial charge in [0.05, 0.1) is 12.1 Å². The molecule has 0 bridgehead atoms. The predicted molar refractivity (Wildman–Crippen MR) is 143 cm³/mol. The fourth-order valence-corrected chi connectivity index (χ4v) is 5.19. The smallest absolute Gasteiger partial charge is 0.399 e. The Labute approximate surface area is 231 Å². The number of carbonyl (C=O) groups is 2. The van der Waals surface area contributed by atoms with Crippen molar-refractivity contribution in [1.82, 2.24) is 4.90 Å². The number of likely N-dealkylation sites (tertiary alicyclic amines) is 1. The van der Waals surface area contributed by atoms with Gasteiger partial charge >= 0.3 is 17.8 Å². The number of halogens is 2. The van der Waals surface area contributed by atoms with Gasteiger partial charge in [0, 0.05) is 31.8 Å². The first kappa shape index (κ1) is 27.5. The second kappa shape index (κ2) is 12.4. The van der Waals surface area contributed by atoms with Gasteiger partial charge in [0.2, 0.25) is 0 Å². The average Bonchev–Trinajstić information content (AvgIpc) is 3.24. The fraction of sp³-hybridized carbons (Fsp3) is 0.323. The van der Waals surface area contributed by atoms with E-state index < -0.39 is 17.8 Å². The molecule has 7 nitrogen and oxygen atoms in total. The molecule has 1 spiro atoms. The van der Waals surface area contributed by atoms with Crippen molar-refractivity contribution < 1.29 is 32.7 Å². The highest BCUT2D eigenvalue weighted by molar-refractivity contribution is 6.31. The maximum Gasteiger partial charge on any atom is 0.421 e. The van der Waals surface area contributed by atoms with E-state index in [1.165, 1.54) is 24.3 Å². The van der Waals surface area contributed by atoms with Gasteiger partial charge in [-0.05, 0) is 53.8 Å². The third kappa shape index (κ3) is 6.54. The van der Waals surface area contributed by atoms with Crippen molar-refractivity contribution in [2.45, 2.75) is 43.9 Å². The number of hydrogen-bond donors (Lipinski definition) is 0. The van der Waals surface area contributed by atoms with Gasteiger partial charge in [0.25, 0.3) is 0 Å². The molecule has 0 aliphatic carbocycles. The Morgan fingerprint density at radius 1 is 0.875 bits per heavy atom. The molecule has 2 aliphatic heterocycles. The maximum absolute atomic E-state index is 13.6. The molecule has 2 fully saturated rings. The van der Waals surface area contributed by atoms with Crippen LogP contribution in [-0.4, -0.2) is 48.2 Å². The Bertz CT molecular complexity index is 1280. The number of ether oxygens (including phenoxy) is 2. The Balaban J connectivity index is 1.24. The quantitative estimate of drug-likeness (QED) is 0.147. The van der Waals surface area contributed by atoms with Gasteiger partial charge in [-0.1, -0.05) is 59.8 Å². The molecule has 3 aromatic rings. The average molecular weight is 549 g/mol. The van der Waals surface area contributed by atoms with E-state index in [1.807, 2.05) is 35.2 Å². The lowest BCUT2D eigenvalue weighted by molar-refractivity contribution is -0.250. The van der Waals surface area contributed by atoms with Crippen molar-refractivity contribution in [3.8, 4) is 0 Å². The molecule has 0 unspecified atom stereocenters. The van der Waals surface area contributed by atoms with Crippen LogP contribution >= 0.6 is 0 Å². The van der Waals surface area contributed by atoms with E-state index in [2.05, 4.69) is 5.16 Å². The molecule has 9 heteroatoms. The summed E-state index contributed by atoms with van der Waals surface area (Å²) in [5.74, 6) is -4.40. The van der Waals surface area contributed by atoms with E-state index in [0.717, 1.165) is 16.7 Å². The predicted octanol–water partition coefficient (Wildman–Crippen LogP) is 5.34. The third-order valence-corrected chi connectivity index (χ3v) is 7.23. The molecule has 0 atom stereocenters. The zero-order valence-electron chi connectivity index (χ0n) is 21.9. The molecule has 0 N–H and O–H groups in total. The topological polar surface area (TPSA) is 77.4 Å². The normalized spacial score (nSPS) is 17.8. The molecule has 40 heavy (non-hydrogen) atoms. The molecular formula is C31H30F2N2O5. The lowest BCUT2D eigenvalue weighted by Gasteiger charge is -2.40. The van der Waals surface area contributed by atoms with Crippen LogP contribution in [0.4, 0.5) is 8.78 Å². The van der Waals surface area contributed by atoms with Crippen molar-refractivity contribution in [1.29, 1.82) is 0 Å². The van der Waals surface area contributed by atoms with Crippen molar-refractivity contribution in [2.75, 3.05) is 19.7 Å². The van der Waals surface area contributed by atoms with E-state index in [4.69, 9.17) is 14.3 Å². The van der Waals surface area contributed by atoms with E-state index in [9.17, 15) is 18.4 Å². The van der Waals surface area contributed by atoms with Crippen molar-refractivity contribution in [3.63, 3.8) is 0 Å². The summed E-state index contributed by atoms with van der Waals surface area (Å²) in [6.45, 7) is 1.29. The number of oxime groups is 1. The summed E-state index contributed by atoms with van der Waals surface area (Å²) in [5.41, 5.74) is 3.58. The first-order valence-corrected chi connectivity index (χ1v) is 13.4. The van der Waals surface area contributed by atoms with Crippen LogP contribution in [0.5, 0.6) is 0 Å². The van der Waals surface area contributed by atoms with Crippen LogP contribution in [0.3, 0.4) is 0 Å². The number of carbonyl (C=O) groups excluding carboxylic acids is 2. The van der Waals surface area contributed by atoms with Crippen LogP contribution in [0.1, 0.15) is 48.3 Å². The first-order chi connectivity index (χ1) is 19.4. The second-order valence-corrected chi connectivity index (χ2v) is 9.93. The molecule has 2 aliphatic rings. The molecule has 0 saturated carbocycles. The Hall–Kier alpha value is -4.11. The Morgan fingerprint density at radius 2 is 1.48 bits per heavy atom. The van der Waals surface area contributed by atoms with Gasteiger partial charge in [-0.2, -0.15) is 0 Å². The molecule has 3 aromatic carbocycles. The van der Waals surface area contributed by atoms with Crippen molar-refractivity contribution in [3.05, 3.63) is 107 Å². The SMILES string of the molecule is O=C1OC2(C/C(=N/OCCc3ccccc3)CCN2CCCC(c2ccc(F)cc2)c2ccc(F)cc2)OC1=O. The van der Waals surface area contributed by atoms with Crippen molar-refractivity contribution in [2.24, 2.45) is 5.16 Å². The minimum Gasteiger partial charge on any atom is -0.399 e. The van der Waals surface area contributed by atoms with Crippen LogP contribution in [-0.2, 0) is 30.3 Å². The van der Waals surface area contributed by atoms with Gasteiger partial charge in [-0.3, -0.25) is 0 Å². The highest BCUT2D eigenvalue weighted by Crippen LogP contribution is 2.36. The van der Waals surface area contributed by atoms with Gasteiger partial charge in [-0.25, -0.2) is 23.3 Å². The number of piperidine rings is 1. The van der Waals surface area contributed by atoms with Crippen LogP contribution in [0.2, 0.25) is 0 Å². The number of benzene rings is 3. The highest BCUT2D eigenvalue weighted by Gasteiger charge is 2.55. The van der Waals surface area contributed by atoms with Crippen LogP contribution in [0.25, 0.3) is 0 Å². The number of nitrogens with zero attached hydrogens (tertiary/aromatic N) is 2. The summed E-state index contributed by atoms with van der Waals surface area (Å²) < 4.78 is 38.1. The molecule has 0 amide bonds. The molecule has 208 valence electrons. The third-order valence-electron chi connectivity index (χ3n) is 7.23. The van der Waals surface area contributed by atoms with E-state index in [-0.39, 0.29) is 24.0 Å². The fourth-order valence-electron chi connectivity index (χ4n) is 5.19. The lowest BCUT2D eigenvalue weighted by atomic mass is 9.87. The van der Waals surface area contributed by atoms with Gasteiger partial charge in [0.15, 0.2) is 0 Å². The molecule has 2 heterocycles. The monoisotopic (exact) mass is 548 g/mol. The summed E-state index contributed by atoms with van der Waals surface area (Å²) in [6, 6.07) is 22.5. The number of rotatable bonds is 10. The number of hydrogen-bond acceptors (Lipinski definition) is 7. The lowest BCUT2D eigenvalue weighted by Crippen LogP contribution is -2.55. The Morgan fingerprint density at radius 3 is 2.08 bits per heavy atom. The van der Waals surface area contributed by atoms with E-state index in [0.29, 0.717) is 51.1 Å². The summed E-state index contributed by atoms with van der Waals surface area (Å²) >= 11 is 0. The summed E-state index contributed by atoms with van der Waals surface area (Å²) in [5, 5.41) is 4.25. The summed E-state index contributed by atoms with van der Waals surface area (Å²) in [4.78, 5) is 31.5. The van der Waals surface area contributed by atoms with Gasteiger partial charge < -0.3 is 14.3 Å². The minimum atomic E-state index is -1.56. The van der Waals surface area contributed by atoms with E-state index >= 15 is 0 Å². The highest BCUT2D eigenvalue weighted by atomic mass is 19.1. The van der Waals surface area contributed by atoms with Crippen LogP contribution in [0.15, 0.2) is 84.0 Å². The van der Waals surface area contributed by atoms with Crippen LogP contribution < -0.4 is 0 Å². The standard InChI is InChI=1S/C31H30F2N2O5/c32-25-12-8-23(9-13-25)28(24-10-14-26(33)15-11-24)7-4-18-35-19-16-27(21-31(35)39-29(36)30(37)40-31)34-38-20-17-22-5-2-1-3-6-22/h1-3,5-6,8-15,28H,4,7,16-21H2/b34-27+. The zero-order chi connectivity index (χ0) is 28.0. The largest absolute Gasteiger partial charge is 0.421 e. The second-order valence-electron chi connectivity index (χ2n) is 9.93. The molecular weight excluding hydrogens is 518 g/mol. The van der Waals surface area contributed by atoms with Gasteiger partial charge in [0.1, 0.15) is 18.2 Å². The van der Waals surface area contributed by atoms with Crippen LogP contribution in [0, 0.1) is 11.6 Å². The van der Waals surface area contributed by atoms with Crippen molar-refractivity contribution >= 4 is 17.7 Å². The zero-order valence-corrected chi connectivity index (χ0v) is 21.9. The molecule has 0 radical (unpaired) electrons. The maximum atomic E-state index is 13.6. The van der Waals surface area contributed by atoms with Gasteiger partial charge in [-0.15, -0.1) is 0 Å². The summed E-state index contributed by atoms with van der Waals surface area (Å²) in [7, 11) is 0. The van der Waals surface area contributed by atoms with E-state index in [1.54, 1.807) is 24.3 Å². The summed E-state index contributed by atoms with van der Waals surface area (Å²) in [6.07, 6.45) is 2.63. The molecule has 5 rings (SSSR count). The molecule has 2 saturated heterocycles.